The fourth-order valence-corrected chi connectivity index (χ4v) is 3.25. The average Bonchev–Trinajstić information content (AvgIpc) is 2.64. The molecule has 144 valence electrons. The number of aryl methyl sites for hydroxylation is 1. The van der Waals surface area contributed by atoms with E-state index in [2.05, 4.69) is 15.3 Å². The number of phenols is 1. The van der Waals surface area contributed by atoms with Crippen molar-refractivity contribution >= 4 is 23.1 Å². The minimum absolute atomic E-state index is 0.0678. The molecular formula is C18H23N5O4. The van der Waals surface area contributed by atoms with Crippen LogP contribution in [0.4, 0.5) is 23.1 Å². The van der Waals surface area contributed by atoms with Gasteiger partial charge in [0.2, 0.25) is 11.8 Å². The molecule has 27 heavy (non-hydrogen) atoms. The SMILES string of the molecule is Cc1ccc(Nc2ncc([N+](=O)[O-])c(N(C)[C@H]3CC[C@H](O)CC3)n2)cc1O. The molecule has 0 aliphatic heterocycles. The molecule has 1 saturated carbocycles. The van der Waals surface area contributed by atoms with Crippen molar-refractivity contribution in [3.63, 3.8) is 0 Å². The summed E-state index contributed by atoms with van der Waals surface area (Å²) in [6, 6.07) is 5.14. The number of aromatic hydroxyl groups is 1. The van der Waals surface area contributed by atoms with Crippen LogP contribution in [0.25, 0.3) is 0 Å². The number of nitrogens with zero attached hydrogens (tertiary/aromatic N) is 4. The maximum Gasteiger partial charge on any atom is 0.329 e. The zero-order chi connectivity index (χ0) is 19.6. The number of aliphatic hydroxyl groups excluding tert-OH is 1. The fourth-order valence-electron chi connectivity index (χ4n) is 3.25. The molecule has 1 aromatic heterocycles. The van der Waals surface area contributed by atoms with Crippen molar-refractivity contribution in [3.8, 4) is 5.75 Å². The van der Waals surface area contributed by atoms with Gasteiger partial charge in [-0.05, 0) is 44.2 Å². The van der Waals surface area contributed by atoms with Crippen molar-refractivity contribution < 1.29 is 15.1 Å². The smallest absolute Gasteiger partial charge is 0.329 e. The summed E-state index contributed by atoms with van der Waals surface area (Å²) < 4.78 is 0. The van der Waals surface area contributed by atoms with Crippen LogP contribution in [-0.2, 0) is 0 Å². The summed E-state index contributed by atoms with van der Waals surface area (Å²) in [5, 5.41) is 33.9. The Bertz CT molecular complexity index is 836. The zero-order valence-electron chi connectivity index (χ0n) is 15.3. The molecule has 0 bridgehead atoms. The lowest BCUT2D eigenvalue weighted by molar-refractivity contribution is -0.384. The third kappa shape index (κ3) is 4.25. The number of aliphatic hydroxyl groups is 1. The van der Waals surface area contributed by atoms with E-state index in [0.717, 1.165) is 18.4 Å². The van der Waals surface area contributed by atoms with Gasteiger partial charge in [0.05, 0.1) is 11.0 Å². The monoisotopic (exact) mass is 373 g/mol. The second-order valence-corrected chi connectivity index (χ2v) is 6.86. The van der Waals surface area contributed by atoms with Crippen LogP contribution in [0.2, 0.25) is 0 Å². The van der Waals surface area contributed by atoms with Gasteiger partial charge in [0, 0.05) is 24.8 Å². The first-order valence-electron chi connectivity index (χ1n) is 8.84. The highest BCUT2D eigenvalue weighted by Crippen LogP contribution is 2.32. The van der Waals surface area contributed by atoms with Gasteiger partial charge in [-0.2, -0.15) is 4.98 Å². The molecule has 2 aromatic rings. The summed E-state index contributed by atoms with van der Waals surface area (Å²) in [5.74, 6) is 0.580. The van der Waals surface area contributed by atoms with Gasteiger partial charge in [0.1, 0.15) is 11.9 Å². The van der Waals surface area contributed by atoms with Gasteiger partial charge in [-0.25, -0.2) is 4.98 Å². The summed E-state index contributed by atoms with van der Waals surface area (Å²) in [4.78, 5) is 21.1. The van der Waals surface area contributed by atoms with Crippen LogP contribution >= 0.6 is 0 Å². The highest BCUT2D eigenvalue weighted by Gasteiger charge is 2.28. The molecule has 0 spiro atoms. The summed E-state index contributed by atoms with van der Waals surface area (Å²) in [6.07, 6.45) is 3.71. The molecule has 3 N–H and O–H groups in total. The van der Waals surface area contributed by atoms with Gasteiger partial charge in [-0.3, -0.25) is 10.1 Å². The topological polar surface area (TPSA) is 125 Å². The molecule has 9 heteroatoms. The first kappa shape index (κ1) is 18.8. The number of benzene rings is 1. The standard InChI is InChI=1S/C18H23N5O4/c1-11-3-4-12(9-16(11)25)20-18-19-10-15(23(26)27)17(21-18)22(2)13-5-7-14(24)8-6-13/h3-4,9-10,13-14,24-25H,5-8H2,1-2H3,(H,19,20,21)/t13-,14-. The summed E-state index contributed by atoms with van der Waals surface area (Å²) >= 11 is 0. The van der Waals surface area contributed by atoms with Crippen molar-refractivity contribution in [1.29, 1.82) is 0 Å². The Morgan fingerprint density at radius 3 is 2.63 bits per heavy atom. The van der Waals surface area contributed by atoms with Gasteiger partial charge in [-0.15, -0.1) is 0 Å². The van der Waals surface area contributed by atoms with Gasteiger partial charge >= 0.3 is 5.69 Å². The first-order chi connectivity index (χ1) is 12.8. The molecule has 0 unspecified atom stereocenters. The van der Waals surface area contributed by atoms with Crippen molar-refractivity contribution in [3.05, 3.63) is 40.1 Å². The van der Waals surface area contributed by atoms with E-state index >= 15 is 0 Å². The van der Waals surface area contributed by atoms with E-state index in [1.807, 2.05) is 0 Å². The average molecular weight is 373 g/mol. The van der Waals surface area contributed by atoms with Crippen LogP contribution in [0.15, 0.2) is 24.4 Å². The number of rotatable bonds is 5. The number of aromatic nitrogens is 2. The molecule has 1 aliphatic carbocycles. The second-order valence-electron chi connectivity index (χ2n) is 6.86. The van der Waals surface area contributed by atoms with Crippen LogP contribution in [-0.4, -0.2) is 44.3 Å². The minimum atomic E-state index is -0.495. The molecule has 1 fully saturated rings. The van der Waals surface area contributed by atoms with Crippen molar-refractivity contribution in [1.82, 2.24) is 9.97 Å². The van der Waals surface area contributed by atoms with E-state index < -0.39 is 4.92 Å². The van der Waals surface area contributed by atoms with Crippen LogP contribution in [0.1, 0.15) is 31.2 Å². The summed E-state index contributed by atoms with van der Waals surface area (Å²) in [5.41, 5.74) is 1.16. The lowest BCUT2D eigenvalue weighted by Gasteiger charge is -2.33. The van der Waals surface area contributed by atoms with Crippen LogP contribution in [0.5, 0.6) is 5.75 Å². The number of phenolic OH excluding ortho intramolecular Hbond substituents is 1. The number of nitrogens with one attached hydrogen (secondary N) is 1. The Morgan fingerprint density at radius 1 is 1.30 bits per heavy atom. The second kappa shape index (κ2) is 7.75. The van der Waals surface area contributed by atoms with E-state index in [9.17, 15) is 20.3 Å². The molecule has 0 saturated heterocycles. The maximum absolute atomic E-state index is 11.4. The Balaban J connectivity index is 1.88. The predicted molar refractivity (Wildman–Crippen MR) is 101 cm³/mol. The third-order valence-electron chi connectivity index (χ3n) is 4.96. The Labute approximate surface area is 156 Å². The molecule has 0 atom stereocenters. The quantitative estimate of drug-likeness (QED) is 0.540. The van der Waals surface area contributed by atoms with E-state index in [1.165, 1.54) is 6.20 Å². The Kier molecular flexibility index (Phi) is 5.41. The van der Waals surface area contributed by atoms with E-state index in [-0.39, 0.29) is 35.3 Å². The largest absolute Gasteiger partial charge is 0.508 e. The van der Waals surface area contributed by atoms with Crippen LogP contribution in [0.3, 0.4) is 0 Å². The predicted octanol–water partition coefficient (Wildman–Crippen LogP) is 2.88. The molecule has 1 heterocycles. The van der Waals surface area contributed by atoms with E-state index in [0.29, 0.717) is 18.5 Å². The lowest BCUT2D eigenvalue weighted by Crippen LogP contribution is -2.37. The first-order valence-corrected chi connectivity index (χ1v) is 8.84. The number of hydrogen-bond acceptors (Lipinski definition) is 8. The molecule has 1 aromatic carbocycles. The Morgan fingerprint density at radius 2 is 2.00 bits per heavy atom. The normalized spacial score (nSPS) is 19.5. The summed E-state index contributed by atoms with van der Waals surface area (Å²) in [7, 11) is 1.78. The molecule has 3 rings (SSSR count). The van der Waals surface area contributed by atoms with Gasteiger partial charge in [0.15, 0.2) is 0 Å². The van der Waals surface area contributed by atoms with Gasteiger partial charge in [0.25, 0.3) is 0 Å². The van der Waals surface area contributed by atoms with Crippen molar-refractivity contribution in [2.45, 2.75) is 44.8 Å². The minimum Gasteiger partial charge on any atom is -0.508 e. The molecule has 0 radical (unpaired) electrons. The van der Waals surface area contributed by atoms with Gasteiger partial charge in [-0.1, -0.05) is 6.07 Å². The highest BCUT2D eigenvalue weighted by atomic mass is 16.6. The van der Waals surface area contributed by atoms with E-state index in [4.69, 9.17) is 0 Å². The van der Waals surface area contributed by atoms with Crippen LogP contribution < -0.4 is 10.2 Å². The molecular weight excluding hydrogens is 350 g/mol. The van der Waals surface area contributed by atoms with Crippen molar-refractivity contribution in [2.75, 3.05) is 17.3 Å². The fraction of sp³-hybridized carbons (Fsp3) is 0.444. The molecule has 9 nitrogen and oxygen atoms in total. The van der Waals surface area contributed by atoms with Crippen molar-refractivity contribution in [2.24, 2.45) is 0 Å². The number of anilines is 3. The maximum atomic E-state index is 11.4. The van der Waals surface area contributed by atoms with E-state index in [1.54, 1.807) is 37.1 Å². The Hall–Kier alpha value is -2.94. The van der Waals surface area contributed by atoms with Gasteiger partial charge < -0.3 is 20.4 Å². The molecule has 1 aliphatic rings. The lowest BCUT2D eigenvalue weighted by atomic mass is 9.92. The number of hydrogen-bond donors (Lipinski definition) is 3. The molecule has 0 amide bonds. The zero-order valence-corrected chi connectivity index (χ0v) is 15.3. The summed E-state index contributed by atoms with van der Waals surface area (Å²) in [6.45, 7) is 1.79. The number of nitro groups is 1. The third-order valence-corrected chi connectivity index (χ3v) is 4.96. The van der Waals surface area contributed by atoms with Crippen LogP contribution in [0, 0.1) is 17.0 Å². The highest BCUT2D eigenvalue weighted by molar-refractivity contribution is 5.63.